The number of likely N-dealkylation sites (tertiary alicyclic amines) is 1. The zero-order chi connectivity index (χ0) is 12.3. The van der Waals surface area contributed by atoms with E-state index in [-0.39, 0.29) is 0 Å². The maximum Gasteiger partial charge on any atom is 0.0210 e. The minimum Gasteiger partial charge on any atom is -0.309 e. The van der Waals surface area contributed by atoms with Crippen LogP contribution in [0.4, 0.5) is 0 Å². The van der Waals surface area contributed by atoms with E-state index in [1.165, 1.54) is 25.1 Å². The van der Waals surface area contributed by atoms with E-state index >= 15 is 0 Å². The van der Waals surface area contributed by atoms with Crippen molar-refractivity contribution in [2.75, 3.05) is 13.1 Å². The standard InChI is InChI=1S/C14H21BrN2/c1-11(2)17-7-6-14(10-17)16-9-12-4-3-5-13(15)8-12/h3-5,8,11,14,16H,6-7,9-10H2,1-2H3. The van der Waals surface area contributed by atoms with Gasteiger partial charge in [-0.3, -0.25) is 4.90 Å². The molecule has 2 rings (SSSR count). The molecule has 1 N–H and O–H groups in total. The summed E-state index contributed by atoms with van der Waals surface area (Å²) in [5.74, 6) is 0. The second-order valence-corrected chi connectivity index (χ2v) is 6.00. The number of rotatable bonds is 4. The normalized spacial score (nSPS) is 21.3. The predicted octanol–water partition coefficient (Wildman–Crippen LogP) is 3.02. The van der Waals surface area contributed by atoms with Crippen molar-refractivity contribution in [2.24, 2.45) is 0 Å². The van der Waals surface area contributed by atoms with Gasteiger partial charge in [0, 0.05) is 29.6 Å². The molecular weight excluding hydrogens is 276 g/mol. The molecule has 94 valence electrons. The van der Waals surface area contributed by atoms with Gasteiger partial charge in [0.05, 0.1) is 0 Å². The van der Waals surface area contributed by atoms with Gasteiger partial charge in [-0.1, -0.05) is 28.1 Å². The summed E-state index contributed by atoms with van der Waals surface area (Å²) >= 11 is 3.51. The van der Waals surface area contributed by atoms with Gasteiger partial charge in [-0.15, -0.1) is 0 Å². The van der Waals surface area contributed by atoms with Crippen molar-refractivity contribution in [3.8, 4) is 0 Å². The minimum atomic E-state index is 0.649. The zero-order valence-corrected chi connectivity index (χ0v) is 12.2. The zero-order valence-electron chi connectivity index (χ0n) is 10.6. The lowest BCUT2D eigenvalue weighted by Crippen LogP contribution is -2.34. The van der Waals surface area contributed by atoms with E-state index in [2.05, 4.69) is 64.3 Å². The summed E-state index contributed by atoms with van der Waals surface area (Å²) in [5.41, 5.74) is 1.35. The molecule has 1 aliphatic heterocycles. The molecule has 0 aliphatic carbocycles. The van der Waals surface area contributed by atoms with Crippen LogP contribution < -0.4 is 5.32 Å². The van der Waals surface area contributed by atoms with Crippen LogP contribution in [0.15, 0.2) is 28.7 Å². The fourth-order valence-electron chi connectivity index (χ4n) is 2.33. The van der Waals surface area contributed by atoms with Gasteiger partial charge >= 0.3 is 0 Å². The molecule has 1 unspecified atom stereocenters. The van der Waals surface area contributed by atoms with Crippen molar-refractivity contribution in [1.82, 2.24) is 10.2 Å². The number of nitrogens with one attached hydrogen (secondary N) is 1. The minimum absolute atomic E-state index is 0.649. The highest BCUT2D eigenvalue weighted by molar-refractivity contribution is 9.10. The van der Waals surface area contributed by atoms with Crippen LogP contribution in [0.3, 0.4) is 0 Å². The molecule has 0 spiro atoms. The fourth-order valence-corrected chi connectivity index (χ4v) is 2.78. The number of benzene rings is 1. The summed E-state index contributed by atoms with van der Waals surface area (Å²) in [6, 6.07) is 9.84. The van der Waals surface area contributed by atoms with Crippen molar-refractivity contribution < 1.29 is 0 Å². The molecule has 1 saturated heterocycles. The van der Waals surface area contributed by atoms with Gasteiger partial charge in [0.15, 0.2) is 0 Å². The summed E-state index contributed by atoms with van der Waals surface area (Å²) in [6.45, 7) is 7.93. The molecule has 1 heterocycles. The third-order valence-electron chi connectivity index (χ3n) is 3.43. The number of hydrogen-bond donors (Lipinski definition) is 1. The van der Waals surface area contributed by atoms with E-state index in [9.17, 15) is 0 Å². The van der Waals surface area contributed by atoms with Crippen LogP contribution >= 0.6 is 15.9 Å². The maximum absolute atomic E-state index is 3.65. The molecule has 0 amide bonds. The lowest BCUT2D eigenvalue weighted by molar-refractivity contribution is 0.268. The Morgan fingerprint density at radius 2 is 2.29 bits per heavy atom. The molecule has 1 atom stereocenters. The molecule has 3 heteroatoms. The first-order valence-electron chi connectivity index (χ1n) is 6.37. The number of nitrogens with zero attached hydrogens (tertiary/aromatic N) is 1. The van der Waals surface area contributed by atoms with Crippen molar-refractivity contribution in [3.63, 3.8) is 0 Å². The van der Waals surface area contributed by atoms with E-state index in [1.807, 2.05) is 0 Å². The summed E-state index contributed by atoms with van der Waals surface area (Å²) in [7, 11) is 0. The Labute approximate surface area is 113 Å². The third-order valence-corrected chi connectivity index (χ3v) is 3.93. The molecule has 0 saturated carbocycles. The first-order chi connectivity index (χ1) is 8.15. The van der Waals surface area contributed by atoms with E-state index < -0.39 is 0 Å². The van der Waals surface area contributed by atoms with Gasteiger partial charge < -0.3 is 5.32 Å². The monoisotopic (exact) mass is 296 g/mol. The van der Waals surface area contributed by atoms with Crippen LogP contribution in [0.1, 0.15) is 25.8 Å². The fraction of sp³-hybridized carbons (Fsp3) is 0.571. The van der Waals surface area contributed by atoms with Crippen molar-refractivity contribution in [2.45, 2.75) is 38.9 Å². The number of hydrogen-bond acceptors (Lipinski definition) is 2. The summed E-state index contributed by atoms with van der Waals surface area (Å²) in [5, 5.41) is 3.65. The van der Waals surface area contributed by atoms with E-state index in [1.54, 1.807) is 0 Å². The number of halogens is 1. The molecule has 0 aromatic heterocycles. The van der Waals surface area contributed by atoms with Gasteiger partial charge in [0.25, 0.3) is 0 Å². The van der Waals surface area contributed by atoms with Crippen LogP contribution in [-0.4, -0.2) is 30.1 Å². The van der Waals surface area contributed by atoms with Crippen LogP contribution in [0, 0.1) is 0 Å². The van der Waals surface area contributed by atoms with E-state index in [0.29, 0.717) is 12.1 Å². The van der Waals surface area contributed by atoms with Gasteiger partial charge in [-0.25, -0.2) is 0 Å². The summed E-state index contributed by atoms with van der Waals surface area (Å²) in [4.78, 5) is 2.54. The average molecular weight is 297 g/mol. The van der Waals surface area contributed by atoms with Crippen LogP contribution in [0.25, 0.3) is 0 Å². The Bertz CT molecular complexity index is 365. The molecule has 1 aromatic rings. The lowest BCUT2D eigenvalue weighted by atomic mass is 10.2. The highest BCUT2D eigenvalue weighted by atomic mass is 79.9. The Balaban J connectivity index is 1.80. The topological polar surface area (TPSA) is 15.3 Å². The van der Waals surface area contributed by atoms with E-state index in [4.69, 9.17) is 0 Å². The predicted molar refractivity (Wildman–Crippen MR) is 76.1 cm³/mol. The highest BCUT2D eigenvalue weighted by Crippen LogP contribution is 2.14. The average Bonchev–Trinajstić information content (AvgIpc) is 2.75. The van der Waals surface area contributed by atoms with Crippen LogP contribution in [0.5, 0.6) is 0 Å². The molecule has 1 aliphatic rings. The molecule has 1 fully saturated rings. The van der Waals surface area contributed by atoms with Gasteiger partial charge in [0.1, 0.15) is 0 Å². The highest BCUT2D eigenvalue weighted by Gasteiger charge is 2.23. The van der Waals surface area contributed by atoms with Gasteiger partial charge in [0.2, 0.25) is 0 Å². The van der Waals surface area contributed by atoms with Crippen molar-refractivity contribution in [3.05, 3.63) is 34.3 Å². The quantitative estimate of drug-likeness (QED) is 0.919. The molecule has 0 radical (unpaired) electrons. The largest absolute Gasteiger partial charge is 0.309 e. The van der Waals surface area contributed by atoms with E-state index in [0.717, 1.165) is 11.0 Å². The van der Waals surface area contributed by atoms with Crippen molar-refractivity contribution >= 4 is 15.9 Å². The van der Waals surface area contributed by atoms with Crippen molar-refractivity contribution in [1.29, 1.82) is 0 Å². The summed E-state index contributed by atoms with van der Waals surface area (Å²) in [6.07, 6.45) is 1.27. The molecule has 2 nitrogen and oxygen atoms in total. The molecule has 17 heavy (non-hydrogen) atoms. The van der Waals surface area contributed by atoms with Crippen LogP contribution in [-0.2, 0) is 6.54 Å². The Morgan fingerprint density at radius 3 is 2.94 bits per heavy atom. The lowest BCUT2D eigenvalue weighted by Gasteiger charge is -2.20. The second-order valence-electron chi connectivity index (χ2n) is 5.09. The third kappa shape index (κ3) is 3.80. The smallest absolute Gasteiger partial charge is 0.0210 e. The van der Waals surface area contributed by atoms with Gasteiger partial charge in [-0.2, -0.15) is 0 Å². The first kappa shape index (κ1) is 13.1. The Kier molecular flexibility index (Phi) is 4.60. The Hall–Kier alpha value is -0.380. The molecule has 1 aromatic carbocycles. The molecule has 0 bridgehead atoms. The summed E-state index contributed by atoms with van der Waals surface area (Å²) < 4.78 is 1.16. The SMILES string of the molecule is CC(C)N1CCC(NCc2cccc(Br)c2)C1. The molecular formula is C14H21BrN2. The second kappa shape index (κ2) is 5.98. The Morgan fingerprint density at radius 1 is 1.47 bits per heavy atom. The maximum atomic E-state index is 3.65. The van der Waals surface area contributed by atoms with Crippen LogP contribution in [0.2, 0.25) is 0 Å². The first-order valence-corrected chi connectivity index (χ1v) is 7.16. The van der Waals surface area contributed by atoms with Gasteiger partial charge in [-0.05, 0) is 44.5 Å².